The van der Waals surface area contributed by atoms with E-state index in [2.05, 4.69) is 145 Å². The van der Waals surface area contributed by atoms with Crippen molar-refractivity contribution in [3.05, 3.63) is 110 Å². The van der Waals surface area contributed by atoms with E-state index in [4.69, 9.17) is 5.73 Å². The van der Waals surface area contributed by atoms with Crippen molar-refractivity contribution in [1.29, 1.82) is 0 Å². The number of amides is 1. The number of likely N-dealkylation sites (N-methyl/N-ethyl adjacent to an activating group) is 1. The first-order valence-corrected chi connectivity index (χ1v) is 19.6. The molecule has 288 valence electrons. The van der Waals surface area contributed by atoms with Gasteiger partial charge in [-0.05, 0) is 96.9 Å². The van der Waals surface area contributed by atoms with Gasteiger partial charge in [-0.1, -0.05) is 24.3 Å². The average molecular weight is 758 g/mol. The largest absolute Gasteiger partial charge is 0.381 e. The van der Waals surface area contributed by atoms with Crippen molar-refractivity contribution in [1.82, 2.24) is 38.9 Å². The van der Waals surface area contributed by atoms with Crippen LogP contribution >= 0.6 is 0 Å². The lowest BCUT2D eigenvalue weighted by Crippen LogP contribution is -2.35. The Morgan fingerprint density at radius 1 is 0.649 bits per heavy atom. The molecular weight excluding hydrogens is 711 g/mol. The molecule has 2 aliphatic rings. The highest BCUT2D eigenvalue weighted by Crippen LogP contribution is 2.34. The van der Waals surface area contributed by atoms with Gasteiger partial charge >= 0.3 is 0 Å². The van der Waals surface area contributed by atoms with Gasteiger partial charge in [-0.15, -0.1) is 0 Å². The lowest BCUT2D eigenvalue weighted by atomic mass is 10.0. The Morgan fingerprint density at radius 3 is 1.67 bits per heavy atom. The maximum Gasteiger partial charge on any atom is 0.236 e. The molecule has 0 unspecified atom stereocenters. The number of fused-ring (bicyclic) bond motifs is 4. The third-order valence-corrected chi connectivity index (χ3v) is 11.4. The first kappa shape index (κ1) is 36.3. The number of carbonyl (C=O) groups excluding carboxylic acids is 1. The molecule has 4 aromatic heterocycles. The molecule has 4 aromatic carbocycles. The summed E-state index contributed by atoms with van der Waals surface area (Å²) in [6, 6.07) is 26.5. The molecule has 1 amide bonds. The van der Waals surface area contributed by atoms with Gasteiger partial charge in [0.25, 0.3) is 0 Å². The number of nitrogens with two attached hydrogens (primary N) is 1. The van der Waals surface area contributed by atoms with Gasteiger partial charge in [0, 0.05) is 117 Å². The molecule has 0 bridgehead atoms. The van der Waals surface area contributed by atoms with Crippen molar-refractivity contribution in [3.63, 3.8) is 0 Å². The summed E-state index contributed by atoms with van der Waals surface area (Å²) in [5.41, 5.74) is 18.0. The highest BCUT2D eigenvalue weighted by atomic mass is 16.2. The second kappa shape index (κ2) is 15.3. The van der Waals surface area contributed by atoms with E-state index in [0.29, 0.717) is 12.6 Å². The first-order valence-electron chi connectivity index (χ1n) is 19.6. The number of nitrogens with zero attached hydrogens (tertiary/aromatic N) is 8. The Balaban J connectivity index is 0.000000149. The molecule has 2 fully saturated rings. The number of benzene rings is 4. The Kier molecular flexibility index (Phi) is 9.73. The van der Waals surface area contributed by atoms with Crippen LogP contribution in [0.25, 0.3) is 66.1 Å². The van der Waals surface area contributed by atoms with E-state index in [1.54, 1.807) is 24.8 Å². The van der Waals surface area contributed by atoms with E-state index in [0.717, 1.165) is 76.2 Å². The molecule has 0 radical (unpaired) electrons. The maximum absolute atomic E-state index is 11.9. The van der Waals surface area contributed by atoms with Crippen molar-refractivity contribution in [2.75, 3.05) is 50.4 Å². The first-order chi connectivity index (χ1) is 27.8. The fourth-order valence-corrected chi connectivity index (χ4v) is 8.37. The van der Waals surface area contributed by atoms with Gasteiger partial charge in [0.1, 0.15) is 0 Å². The predicted molar refractivity (Wildman–Crippen MR) is 230 cm³/mol. The molecule has 12 heteroatoms. The van der Waals surface area contributed by atoms with Gasteiger partial charge < -0.3 is 35.3 Å². The van der Waals surface area contributed by atoms with Gasteiger partial charge in [0.05, 0.1) is 28.6 Å². The summed E-state index contributed by atoms with van der Waals surface area (Å²) in [7, 11) is 6.31. The number of likely N-dealkylation sites (tertiary alicyclic amines) is 2. The molecule has 4 N–H and O–H groups in total. The second-order valence-electron chi connectivity index (χ2n) is 15.4. The molecule has 0 saturated carbocycles. The van der Waals surface area contributed by atoms with Gasteiger partial charge in [-0.2, -0.15) is 0 Å². The summed E-state index contributed by atoms with van der Waals surface area (Å²) < 4.78 is 4.28. The minimum atomic E-state index is 0.000220. The minimum absolute atomic E-state index is 0.000220. The third-order valence-electron chi connectivity index (χ3n) is 11.4. The van der Waals surface area contributed by atoms with E-state index >= 15 is 0 Å². The minimum Gasteiger partial charge on any atom is -0.381 e. The fraction of sp³-hybridized carbons (Fsp3) is 0.267. The molecule has 57 heavy (non-hydrogen) atoms. The second-order valence-corrected chi connectivity index (χ2v) is 15.4. The highest BCUT2D eigenvalue weighted by Gasteiger charge is 2.26. The van der Waals surface area contributed by atoms with E-state index in [9.17, 15) is 4.79 Å². The monoisotopic (exact) mass is 757 g/mol. The molecule has 10 rings (SSSR count). The van der Waals surface area contributed by atoms with Crippen LogP contribution in [0, 0.1) is 0 Å². The molecule has 6 heterocycles. The summed E-state index contributed by atoms with van der Waals surface area (Å²) in [4.78, 5) is 34.4. The zero-order valence-electron chi connectivity index (χ0n) is 32.6. The van der Waals surface area contributed by atoms with Crippen LogP contribution in [0.1, 0.15) is 12.8 Å². The number of hydrogen-bond acceptors (Lipinski definition) is 9. The van der Waals surface area contributed by atoms with Crippen molar-refractivity contribution in [2.24, 2.45) is 19.8 Å². The van der Waals surface area contributed by atoms with Crippen LogP contribution in [0.2, 0.25) is 0 Å². The Bertz CT molecular complexity index is 2750. The van der Waals surface area contributed by atoms with E-state index in [-0.39, 0.29) is 18.5 Å². The van der Waals surface area contributed by atoms with Crippen molar-refractivity contribution >= 4 is 61.2 Å². The molecule has 2 atom stereocenters. The smallest absolute Gasteiger partial charge is 0.236 e. The Labute approximate surface area is 331 Å². The summed E-state index contributed by atoms with van der Waals surface area (Å²) in [5.74, 6) is 0.000220. The van der Waals surface area contributed by atoms with Crippen LogP contribution in [0.15, 0.2) is 110 Å². The Hall–Kier alpha value is -6.37. The standard InChI is InChI=1S/C23H24N6O.C22H23N5/c1-28-8-4-15-2-3-16(10-21(15)28)19-11-18(12-20-23(19)26-7-6-25-20)27-17-5-9-29(14-17)22(30)13-24;1-26-9-6-17(14-26)25-18-12-19(22-20(13-18)23-7-8-24-22)16-4-3-15-5-10-27(2)21(15)11-16/h2-4,6-8,10-12,17,27H,5,9,13-14,24H2,1H3;3-5,7-8,10-13,17,25H,6,9,14H2,1-2H3/t2*17-/m00/s1. The normalized spacial score (nSPS) is 17.1. The van der Waals surface area contributed by atoms with Crippen molar-refractivity contribution < 1.29 is 4.79 Å². The molecule has 0 aliphatic carbocycles. The molecule has 2 saturated heterocycles. The van der Waals surface area contributed by atoms with Crippen molar-refractivity contribution in [3.8, 4) is 22.3 Å². The van der Waals surface area contributed by atoms with Crippen LogP contribution in [0.3, 0.4) is 0 Å². The quantitative estimate of drug-likeness (QED) is 0.163. The fourth-order valence-electron chi connectivity index (χ4n) is 8.37. The predicted octanol–water partition coefficient (Wildman–Crippen LogP) is 6.66. The third kappa shape index (κ3) is 7.37. The van der Waals surface area contributed by atoms with Crippen LogP contribution < -0.4 is 16.4 Å². The van der Waals surface area contributed by atoms with E-state index in [1.807, 2.05) is 11.0 Å². The topological polar surface area (TPSA) is 135 Å². The molecular formula is C45H47N11O. The van der Waals surface area contributed by atoms with Gasteiger partial charge in [-0.3, -0.25) is 24.7 Å². The van der Waals surface area contributed by atoms with E-state index in [1.165, 1.54) is 33.8 Å². The lowest BCUT2D eigenvalue weighted by molar-refractivity contribution is -0.128. The summed E-state index contributed by atoms with van der Waals surface area (Å²) >= 11 is 0. The molecule has 8 aromatic rings. The maximum atomic E-state index is 11.9. The summed E-state index contributed by atoms with van der Waals surface area (Å²) in [6.07, 6.45) is 13.2. The van der Waals surface area contributed by atoms with Gasteiger partial charge in [-0.25, -0.2) is 0 Å². The molecule has 12 nitrogen and oxygen atoms in total. The zero-order chi connectivity index (χ0) is 39.0. The number of nitrogens with one attached hydrogen (secondary N) is 2. The average Bonchev–Trinajstić information content (AvgIpc) is 4.05. The Morgan fingerprint density at radius 2 is 1.16 bits per heavy atom. The van der Waals surface area contributed by atoms with Gasteiger partial charge in [0.15, 0.2) is 0 Å². The van der Waals surface area contributed by atoms with Gasteiger partial charge in [0.2, 0.25) is 5.91 Å². The number of anilines is 2. The number of hydrogen-bond donors (Lipinski definition) is 3. The highest BCUT2D eigenvalue weighted by molar-refractivity contribution is 5.98. The van der Waals surface area contributed by atoms with E-state index < -0.39 is 0 Å². The SMILES string of the molecule is CN1CC[C@H](Nc2cc(-c3ccc4ccn(C)c4c3)c3nccnc3c2)C1.Cn1ccc2ccc(-c3cc(N[C@H]4CCN(C(=O)CN)C4)cc4nccnc34)cc21. The molecule has 0 spiro atoms. The molecule has 2 aliphatic heterocycles. The summed E-state index contributed by atoms with van der Waals surface area (Å²) in [5, 5.41) is 9.75. The van der Waals surface area contributed by atoms with Crippen LogP contribution in [-0.4, -0.2) is 96.6 Å². The summed E-state index contributed by atoms with van der Waals surface area (Å²) in [6.45, 7) is 3.67. The number of aryl methyl sites for hydroxylation is 2. The number of aromatic nitrogens is 6. The lowest BCUT2D eigenvalue weighted by Gasteiger charge is -2.18. The van der Waals surface area contributed by atoms with Crippen molar-refractivity contribution in [2.45, 2.75) is 24.9 Å². The van der Waals surface area contributed by atoms with Crippen LogP contribution in [-0.2, 0) is 18.9 Å². The number of rotatable bonds is 7. The van der Waals surface area contributed by atoms with Crippen LogP contribution in [0.5, 0.6) is 0 Å². The number of carbonyl (C=O) groups is 1. The zero-order valence-corrected chi connectivity index (χ0v) is 32.6. The van der Waals surface area contributed by atoms with Crippen LogP contribution in [0.4, 0.5) is 11.4 Å².